The highest BCUT2D eigenvalue weighted by Crippen LogP contribution is 2.41. The molecule has 30 atom stereocenters. The number of hydrogen-bond donors (Lipinski definition) is 0. The normalized spacial score (nSPS) is 32.8. The molecule has 0 aliphatic carbocycles. The molecular formula is C76H104O49S. The second-order valence-electron chi connectivity index (χ2n) is 28.5. The third-order valence-electron chi connectivity index (χ3n) is 17.9. The first-order chi connectivity index (χ1) is 59.0. The van der Waals surface area contributed by atoms with Gasteiger partial charge >= 0.3 is 113 Å². The maximum atomic E-state index is 13.4. The van der Waals surface area contributed by atoms with Crippen LogP contribution in [-0.4, -0.2) is 342 Å². The summed E-state index contributed by atoms with van der Waals surface area (Å²) in [5, 5.41) is 0. The summed E-state index contributed by atoms with van der Waals surface area (Å²) in [6.45, 7) is 13.6. The van der Waals surface area contributed by atoms with Crippen molar-refractivity contribution in [1.82, 2.24) is 0 Å². The smallest absolute Gasteiger partial charge is 0.303 e. The highest BCUT2D eigenvalue weighted by atomic mass is 32.2. The zero-order valence-corrected chi connectivity index (χ0v) is 73.0. The average molecular weight is 1830 g/mol. The van der Waals surface area contributed by atoms with Gasteiger partial charge in [0.05, 0.1) is 33.0 Å². The molecule has 0 spiro atoms. The van der Waals surface area contributed by atoms with Crippen LogP contribution < -0.4 is 0 Å². The maximum absolute atomic E-state index is 13.4. The van der Waals surface area contributed by atoms with Crippen LogP contribution in [0.1, 0.15) is 138 Å². The lowest BCUT2D eigenvalue weighted by Gasteiger charge is -2.48. The summed E-state index contributed by atoms with van der Waals surface area (Å²) in [6.07, 6.45) is -55.5. The van der Waals surface area contributed by atoms with Crippen molar-refractivity contribution in [2.45, 2.75) is 322 Å². The van der Waals surface area contributed by atoms with Crippen molar-refractivity contribution < 1.29 is 233 Å². The Balaban J connectivity index is 1.46. The van der Waals surface area contributed by atoms with Crippen molar-refractivity contribution in [1.29, 1.82) is 0 Å². The van der Waals surface area contributed by atoms with E-state index in [1.165, 1.54) is 0 Å². The lowest BCUT2D eigenvalue weighted by Crippen LogP contribution is -2.66. The number of carbonyl (C=O) groups excluding carboxylic acids is 19. The molecule has 6 saturated heterocycles. The van der Waals surface area contributed by atoms with Gasteiger partial charge in [0.15, 0.2) is 141 Å². The molecule has 0 saturated carbocycles. The highest BCUT2D eigenvalue weighted by Gasteiger charge is 2.62. The molecule has 49 nitrogen and oxygen atoms in total. The van der Waals surface area contributed by atoms with E-state index in [0.29, 0.717) is 0 Å². The molecule has 6 heterocycles. The molecule has 6 aliphatic heterocycles. The Hall–Kier alpha value is -10.2. The molecule has 6 rings (SSSR count). The predicted octanol–water partition coefficient (Wildman–Crippen LogP) is -1.49. The standard InChI is InChI=1S/C76H104O49S/c1-21-126-76-70(119-46(20)95)64(113-40(14)89)58(107-34(8)83)52(125-76)27-101-75-69(118-45(19)94)63(112-39(13)88)57(106-33(7)82)51(124-75)26-100-74-68(117-44(18)93)62(111-38(12)87)56(105-32(6)81)50(123-74)25-99-73-67(116-43(17)92)61(110-37(11)86)55(104-31(5)80)49(122-73)24-98-72-66(115-42(16)91)60(109-36(10)85)54(103-30(4)79)48(121-72)23-97-71-65(114-41(15)90)59(108-35(9)84)53(102-29(3)78)47(120-71)22-96-28(2)77/h47-76H,21-27H2,1-20H3/t47-,48?,49-,50?,51-,52?,53?,54-,55?,56-,57?,58-,59+,60?,61+,62?,63+,64?,65?,66-,67?,68-,69?,70-,71-,72?,73-,74?,75-,76?/m1/s1. The van der Waals surface area contributed by atoms with Crippen molar-refractivity contribution in [3.63, 3.8) is 0 Å². The minimum absolute atomic E-state index is 0.284. The van der Waals surface area contributed by atoms with Crippen molar-refractivity contribution in [2.24, 2.45) is 0 Å². The fourth-order valence-corrected chi connectivity index (χ4v) is 15.0. The van der Waals surface area contributed by atoms with Crippen LogP contribution in [0.3, 0.4) is 0 Å². The predicted molar refractivity (Wildman–Crippen MR) is 396 cm³/mol. The molecule has 0 N–H and O–H groups in total. The molecule has 0 bridgehead atoms. The molecule has 0 aromatic heterocycles. The van der Waals surface area contributed by atoms with Gasteiger partial charge < -0.3 is 142 Å². The molecular weight excluding hydrogens is 1730 g/mol. The maximum Gasteiger partial charge on any atom is 0.303 e. The van der Waals surface area contributed by atoms with Gasteiger partial charge in [-0.3, -0.25) is 91.1 Å². The first kappa shape index (κ1) is 105. The zero-order chi connectivity index (χ0) is 94.2. The summed E-state index contributed by atoms with van der Waals surface area (Å²) in [7, 11) is 0. The monoisotopic (exact) mass is 1830 g/mol. The van der Waals surface area contributed by atoms with Crippen LogP contribution >= 0.6 is 11.8 Å². The van der Waals surface area contributed by atoms with Crippen LogP contribution in [0.2, 0.25) is 0 Å². The number of ether oxygens (including phenoxy) is 30. The van der Waals surface area contributed by atoms with Crippen LogP contribution in [0.15, 0.2) is 0 Å². The minimum atomic E-state index is -2.22. The molecule has 0 radical (unpaired) electrons. The largest absolute Gasteiger partial charge is 0.463 e. The molecule has 6 fully saturated rings. The molecule has 15 unspecified atom stereocenters. The number of carbonyl (C=O) groups is 19. The number of esters is 19. The minimum Gasteiger partial charge on any atom is -0.463 e. The summed E-state index contributed by atoms with van der Waals surface area (Å²) < 4.78 is 177. The highest BCUT2D eigenvalue weighted by molar-refractivity contribution is 7.99. The summed E-state index contributed by atoms with van der Waals surface area (Å²) >= 11 is 1.06. The Morgan fingerprint density at radius 1 is 0.183 bits per heavy atom. The van der Waals surface area contributed by atoms with Gasteiger partial charge in [-0.05, 0) is 5.75 Å². The number of rotatable bonds is 37. The zero-order valence-electron chi connectivity index (χ0n) is 72.2. The molecule has 708 valence electrons. The van der Waals surface area contributed by atoms with Crippen LogP contribution in [0.5, 0.6) is 0 Å². The van der Waals surface area contributed by atoms with Crippen LogP contribution in [-0.2, 0) is 233 Å². The number of hydrogen-bond acceptors (Lipinski definition) is 50. The second kappa shape index (κ2) is 48.7. The van der Waals surface area contributed by atoms with E-state index in [4.69, 9.17) is 142 Å². The Kier molecular flexibility index (Phi) is 40.4. The first-order valence-electron chi connectivity index (χ1n) is 38.9. The number of thioether (sulfide) groups is 1. The summed E-state index contributed by atoms with van der Waals surface area (Å²) in [6, 6.07) is 0. The van der Waals surface area contributed by atoms with E-state index in [9.17, 15) is 91.1 Å². The van der Waals surface area contributed by atoms with E-state index < -0.39 is 336 Å². The third-order valence-corrected chi connectivity index (χ3v) is 18.9. The van der Waals surface area contributed by atoms with Crippen molar-refractivity contribution >= 4 is 125 Å². The van der Waals surface area contributed by atoms with E-state index >= 15 is 0 Å². The Morgan fingerprint density at radius 3 is 0.492 bits per heavy atom. The van der Waals surface area contributed by atoms with Gasteiger partial charge in [-0.2, -0.15) is 0 Å². The quantitative estimate of drug-likeness (QED) is 0.0505. The molecule has 0 aromatic rings. The SMILES string of the molecule is CCSC1OC(CO[C@@H]2O[C@H](COC3OC(CO[C@@H]4O[C@H](COC5OC(CO[C@@H]6O[C@H](COC(C)=O)C(OC(C)=O)[C@H](OC(C)=O)C6OC(C)=O)[C@@H](OC(C)=O)C(OC(C)=O)[C@H]5OC(C)=O)C(OC(C)=O)[C@H](OC(C)=O)C4OC(C)=O)[C@@H](OC(C)=O)C(OC(C)=O)[C@H]3OC(C)=O)C(OC(C)=O)[C@H](OC(C)=O)C2OC(C)=O)[C@@H](OC(C)=O)C(OC(C)=O)[C@H]1OC(C)=O. The topological polar surface area (TPSA) is 601 Å². The lowest BCUT2D eigenvalue weighted by atomic mass is 9.96. The van der Waals surface area contributed by atoms with Crippen molar-refractivity contribution in [3.8, 4) is 0 Å². The molecule has 0 amide bonds. The van der Waals surface area contributed by atoms with Gasteiger partial charge in [0.25, 0.3) is 0 Å². The van der Waals surface area contributed by atoms with Gasteiger partial charge in [0.2, 0.25) is 0 Å². The van der Waals surface area contributed by atoms with Crippen LogP contribution in [0.4, 0.5) is 0 Å². The molecule has 0 aromatic carbocycles. The fraction of sp³-hybridized carbons (Fsp3) is 0.750. The Bertz CT molecular complexity index is 3840. The van der Waals surface area contributed by atoms with Crippen LogP contribution in [0.25, 0.3) is 0 Å². The average Bonchev–Trinajstić information content (AvgIpc) is 0.777. The van der Waals surface area contributed by atoms with Gasteiger partial charge in [-0.1, -0.05) is 6.92 Å². The van der Waals surface area contributed by atoms with E-state index in [0.717, 1.165) is 143 Å². The first-order valence-corrected chi connectivity index (χ1v) is 40.0. The molecule has 126 heavy (non-hydrogen) atoms. The lowest BCUT2D eigenvalue weighted by molar-refractivity contribution is -0.353. The Morgan fingerprint density at radius 2 is 0.325 bits per heavy atom. The van der Waals surface area contributed by atoms with Gasteiger partial charge in [-0.15, -0.1) is 11.8 Å². The van der Waals surface area contributed by atoms with Crippen molar-refractivity contribution in [3.05, 3.63) is 0 Å². The van der Waals surface area contributed by atoms with E-state index in [-0.39, 0.29) is 5.75 Å². The van der Waals surface area contributed by atoms with Crippen LogP contribution in [0, 0.1) is 0 Å². The summed E-state index contributed by atoms with van der Waals surface area (Å²) in [5.41, 5.74) is -1.18. The van der Waals surface area contributed by atoms with Gasteiger partial charge in [0, 0.05) is 132 Å². The molecule has 50 heteroatoms. The van der Waals surface area contributed by atoms with Crippen molar-refractivity contribution in [2.75, 3.05) is 45.4 Å². The summed E-state index contributed by atoms with van der Waals surface area (Å²) in [5.74, 6) is -20.0. The second-order valence-corrected chi connectivity index (χ2v) is 29.9. The van der Waals surface area contributed by atoms with Gasteiger partial charge in [-0.25, -0.2) is 0 Å². The summed E-state index contributed by atoms with van der Waals surface area (Å²) in [4.78, 5) is 247. The van der Waals surface area contributed by atoms with E-state index in [2.05, 4.69) is 0 Å². The van der Waals surface area contributed by atoms with E-state index in [1.54, 1.807) is 6.92 Å². The van der Waals surface area contributed by atoms with E-state index in [1.807, 2.05) is 0 Å². The fourth-order valence-electron chi connectivity index (χ4n) is 14.1. The van der Waals surface area contributed by atoms with Gasteiger partial charge in [0.1, 0.15) is 48.7 Å². The molecule has 6 aliphatic rings. The third kappa shape index (κ3) is 31.4. The Labute approximate surface area is 723 Å².